The molecule has 3 heteroatoms. The first-order valence-electron chi connectivity index (χ1n) is 7.73. The molecule has 0 saturated carbocycles. The normalized spacial score (nSPS) is 12.4. The van der Waals surface area contributed by atoms with Crippen molar-refractivity contribution in [2.75, 3.05) is 26.7 Å². The van der Waals surface area contributed by atoms with Crippen molar-refractivity contribution in [3.63, 3.8) is 0 Å². The maximum atomic E-state index is 10.1. The lowest BCUT2D eigenvalue weighted by atomic mass is 10.1. The zero-order valence-corrected chi connectivity index (χ0v) is 13.4. The molecular weight excluding hydrogens is 274 g/mol. The van der Waals surface area contributed by atoms with E-state index >= 15 is 0 Å². The molecule has 0 heterocycles. The van der Waals surface area contributed by atoms with Gasteiger partial charge in [0.2, 0.25) is 0 Å². The molecule has 3 nitrogen and oxygen atoms in total. The summed E-state index contributed by atoms with van der Waals surface area (Å²) in [6, 6.07) is 18.3. The molecule has 0 aromatic heterocycles. The van der Waals surface area contributed by atoms with Crippen molar-refractivity contribution in [2.24, 2.45) is 0 Å². The van der Waals surface area contributed by atoms with Crippen LogP contribution in [0.4, 0.5) is 0 Å². The van der Waals surface area contributed by atoms with Gasteiger partial charge in [0.1, 0.15) is 18.5 Å². The van der Waals surface area contributed by atoms with E-state index < -0.39 is 6.10 Å². The summed E-state index contributed by atoms with van der Waals surface area (Å²) in [6.07, 6.45) is 0.504. The number of nitrogens with zero attached hydrogens (tertiary/aromatic N) is 1. The molecule has 0 bridgehead atoms. The number of rotatable bonds is 8. The Kier molecular flexibility index (Phi) is 6.44. The molecule has 0 amide bonds. The molecule has 1 atom stereocenters. The molecule has 118 valence electrons. The summed E-state index contributed by atoms with van der Waals surface area (Å²) < 4.78 is 5.64. The average Bonchev–Trinajstić information content (AvgIpc) is 2.52. The summed E-state index contributed by atoms with van der Waals surface area (Å²) in [4.78, 5) is 2.14. The molecule has 22 heavy (non-hydrogen) atoms. The van der Waals surface area contributed by atoms with Crippen molar-refractivity contribution in [2.45, 2.75) is 19.4 Å². The van der Waals surface area contributed by atoms with Crippen molar-refractivity contribution in [1.82, 2.24) is 4.90 Å². The van der Waals surface area contributed by atoms with E-state index in [4.69, 9.17) is 4.74 Å². The van der Waals surface area contributed by atoms with Crippen LogP contribution in [0.1, 0.15) is 11.1 Å². The molecule has 0 saturated heterocycles. The predicted molar refractivity (Wildman–Crippen MR) is 90.3 cm³/mol. The summed E-state index contributed by atoms with van der Waals surface area (Å²) in [5.41, 5.74) is 2.48. The molecule has 0 fully saturated rings. The van der Waals surface area contributed by atoms with E-state index in [2.05, 4.69) is 29.2 Å². The van der Waals surface area contributed by atoms with Crippen molar-refractivity contribution in [3.05, 3.63) is 65.7 Å². The van der Waals surface area contributed by atoms with Crippen LogP contribution in [-0.4, -0.2) is 42.9 Å². The molecule has 1 N–H and O–H groups in total. The van der Waals surface area contributed by atoms with Gasteiger partial charge in [-0.3, -0.25) is 0 Å². The SMILES string of the molecule is Cc1cccc(OC[C@H](O)CN(C)CCc2ccccc2)c1. The molecule has 2 rings (SSSR count). The van der Waals surface area contributed by atoms with Crippen LogP contribution in [-0.2, 0) is 6.42 Å². The van der Waals surface area contributed by atoms with E-state index in [0.717, 1.165) is 24.3 Å². The van der Waals surface area contributed by atoms with Gasteiger partial charge in [-0.1, -0.05) is 42.5 Å². The first kappa shape index (κ1) is 16.5. The van der Waals surface area contributed by atoms with Crippen LogP contribution in [0.25, 0.3) is 0 Å². The van der Waals surface area contributed by atoms with E-state index in [0.29, 0.717) is 13.2 Å². The van der Waals surface area contributed by atoms with E-state index in [1.807, 2.05) is 44.3 Å². The van der Waals surface area contributed by atoms with E-state index in [9.17, 15) is 5.11 Å². The molecule has 2 aromatic rings. The molecular formula is C19H25NO2. The van der Waals surface area contributed by atoms with Crippen molar-refractivity contribution in [1.29, 1.82) is 0 Å². The standard InChI is InChI=1S/C19H25NO2/c1-16-7-6-10-19(13-16)22-15-18(21)14-20(2)12-11-17-8-4-3-5-9-17/h3-10,13,18,21H,11-12,14-15H2,1-2H3/t18-/m1/s1. The lowest BCUT2D eigenvalue weighted by Crippen LogP contribution is -2.34. The highest BCUT2D eigenvalue weighted by atomic mass is 16.5. The molecule has 2 aromatic carbocycles. The lowest BCUT2D eigenvalue weighted by Gasteiger charge is -2.21. The second-order valence-corrected chi connectivity index (χ2v) is 5.78. The number of aryl methyl sites for hydroxylation is 1. The quantitative estimate of drug-likeness (QED) is 0.813. The second-order valence-electron chi connectivity index (χ2n) is 5.78. The minimum Gasteiger partial charge on any atom is -0.491 e. The van der Waals surface area contributed by atoms with Gasteiger partial charge in [-0.05, 0) is 43.7 Å². The first-order chi connectivity index (χ1) is 10.6. The zero-order valence-electron chi connectivity index (χ0n) is 13.4. The number of hydrogen-bond acceptors (Lipinski definition) is 3. The summed E-state index contributed by atoms with van der Waals surface area (Å²) in [5, 5.41) is 10.1. The topological polar surface area (TPSA) is 32.7 Å². The molecule has 0 unspecified atom stereocenters. The Bertz CT molecular complexity index is 556. The van der Waals surface area contributed by atoms with Gasteiger partial charge < -0.3 is 14.7 Å². The average molecular weight is 299 g/mol. The van der Waals surface area contributed by atoms with Gasteiger partial charge in [-0.2, -0.15) is 0 Å². The van der Waals surface area contributed by atoms with Crippen LogP contribution in [0.3, 0.4) is 0 Å². The Balaban J connectivity index is 1.68. The Morgan fingerprint density at radius 2 is 1.86 bits per heavy atom. The van der Waals surface area contributed by atoms with Gasteiger partial charge >= 0.3 is 0 Å². The molecule has 0 aliphatic rings. The molecule has 0 spiro atoms. The van der Waals surface area contributed by atoms with E-state index in [1.165, 1.54) is 5.56 Å². The fourth-order valence-electron chi connectivity index (χ4n) is 2.37. The maximum Gasteiger partial charge on any atom is 0.119 e. The second kappa shape index (κ2) is 8.57. The minimum absolute atomic E-state index is 0.319. The van der Waals surface area contributed by atoms with Crippen LogP contribution in [0.5, 0.6) is 5.75 Å². The maximum absolute atomic E-state index is 10.1. The number of likely N-dealkylation sites (N-methyl/N-ethyl adjacent to an activating group) is 1. The highest BCUT2D eigenvalue weighted by Crippen LogP contribution is 2.12. The number of aliphatic hydroxyl groups excluding tert-OH is 1. The highest BCUT2D eigenvalue weighted by Gasteiger charge is 2.09. The highest BCUT2D eigenvalue weighted by molar-refractivity contribution is 5.27. The largest absolute Gasteiger partial charge is 0.491 e. The van der Waals surface area contributed by atoms with Crippen LogP contribution >= 0.6 is 0 Å². The van der Waals surface area contributed by atoms with Gasteiger partial charge in [0.25, 0.3) is 0 Å². The number of ether oxygens (including phenoxy) is 1. The third kappa shape index (κ3) is 5.88. The van der Waals surface area contributed by atoms with Crippen LogP contribution in [0.15, 0.2) is 54.6 Å². The van der Waals surface area contributed by atoms with E-state index in [1.54, 1.807) is 0 Å². The van der Waals surface area contributed by atoms with Gasteiger partial charge in [0, 0.05) is 13.1 Å². The van der Waals surface area contributed by atoms with Crippen LogP contribution < -0.4 is 4.74 Å². The fourth-order valence-corrected chi connectivity index (χ4v) is 2.37. The van der Waals surface area contributed by atoms with Crippen LogP contribution in [0.2, 0.25) is 0 Å². The predicted octanol–water partition coefficient (Wildman–Crippen LogP) is 2.91. The molecule has 0 aliphatic heterocycles. The first-order valence-corrected chi connectivity index (χ1v) is 7.73. The van der Waals surface area contributed by atoms with Gasteiger partial charge in [-0.15, -0.1) is 0 Å². The third-order valence-electron chi connectivity index (χ3n) is 3.58. The van der Waals surface area contributed by atoms with Crippen LogP contribution in [0, 0.1) is 6.92 Å². The Morgan fingerprint density at radius 1 is 1.09 bits per heavy atom. The third-order valence-corrected chi connectivity index (χ3v) is 3.58. The van der Waals surface area contributed by atoms with Crippen molar-refractivity contribution >= 4 is 0 Å². The number of benzene rings is 2. The Labute approximate surface area is 133 Å². The molecule has 0 aliphatic carbocycles. The summed E-state index contributed by atoms with van der Waals surface area (Å²) >= 11 is 0. The molecule has 0 radical (unpaired) electrons. The smallest absolute Gasteiger partial charge is 0.119 e. The van der Waals surface area contributed by atoms with Gasteiger partial charge in [-0.25, -0.2) is 0 Å². The summed E-state index contributed by atoms with van der Waals surface area (Å²) in [6.45, 7) is 3.88. The fraction of sp³-hybridized carbons (Fsp3) is 0.368. The van der Waals surface area contributed by atoms with Gasteiger partial charge in [0.05, 0.1) is 0 Å². The number of aliphatic hydroxyl groups is 1. The summed E-state index contributed by atoms with van der Waals surface area (Å²) in [7, 11) is 2.03. The lowest BCUT2D eigenvalue weighted by molar-refractivity contribution is 0.0767. The van der Waals surface area contributed by atoms with E-state index in [-0.39, 0.29) is 0 Å². The van der Waals surface area contributed by atoms with Gasteiger partial charge in [0.15, 0.2) is 0 Å². The Hall–Kier alpha value is -1.84. The minimum atomic E-state index is -0.485. The number of hydrogen-bond donors (Lipinski definition) is 1. The Morgan fingerprint density at radius 3 is 2.59 bits per heavy atom. The van der Waals surface area contributed by atoms with Crippen molar-refractivity contribution in [3.8, 4) is 5.75 Å². The van der Waals surface area contributed by atoms with Crippen molar-refractivity contribution < 1.29 is 9.84 Å². The zero-order chi connectivity index (χ0) is 15.8. The summed E-state index contributed by atoms with van der Waals surface area (Å²) in [5.74, 6) is 0.811. The monoisotopic (exact) mass is 299 g/mol.